The molecular formula is C37H43F3N4O6S2. The standard InChI is InChI=1S/C35H42N4O4S2.C2HF3O2/c1-2-3-4-5-6-7-9-27-23-37-35(44-27)39-19-17-28-31(39)10-8-11-34(28)45(42,43)38-26-14-12-24(13-15-26)20-30-29-22-33(41)32(40)21-25(29)16-18-36-30;3-2(4,5)1(6)7/h8,10-15,17,19,21-22,27,30,36,38,40-41H,2-7,9,16,18,20,23H2,1H3;(H,6,7). The number of hydrogen-bond donors (Lipinski definition) is 5. The Morgan fingerprint density at radius 1 is 1.02 bits per heavy atom. The molecule has 280 valence electrons. The Bertz CT molecular complexity index is 2000. The third kappa shape index (κ3) is 9.81. The Hall–Kier alpha value is -4.21. The van der Waals surface area contributed by atoms with Crippen molar-refractivity contribution in [1.82, 2.24) is 9.88 Å². The van der Waals surface area contributed by atoms with Crippen LogP contribution in [0, 0.1) is 0 Å². The number of phenolic OH excluding ortho intramolecular Hbond substituents is 2. The SMILES string of the molecule is CCCCCCCCC1CN=C(n2ccc3c(S(=O)(=O)Nc4ccc(CC5NCCc6cc(O)c(O)cc65)cc4)cccc32)S1.O=C(O)C(F)(F)F. The molecule has 2 unspecified atom stereocenters. The van der Waals surface area contributed by atoms with E-state index in [-0.39, 0.29) is 22.4 Å². The zero-order valence-electron chi connectivity index (χ0n) is 28.7. The van der Waals surface area contributed by atoms with Gasteiger partial charge in [0.1, 0.15) is 0 Å². The number of benzene rings is 3. The van der Waals surface area contributed by atoms with E-state index in [9.17, 15) is 31.8 Å². The molecule has 3 heterocycles. The van der Waals surface area contributed by atoms with E-state index in [2.05, 4.69) is 17.0 Å². The van der Waals surface area contributed by atoms with Crippen molar-refractivity contribution in [2.75, 3.05) is 17.8 Å². The lowest BCUT2D eigenvalue weighted by molar-refractivity contribution is -0.192. The number of halogens is 3. The second-order valence-corrected chi connectivity index (χ2v) is 15.8. The monoisotopic (exact) mass is 760 g/mol. The number of rotatable bonds is 12. The Morgan fingerprint density at radius 3 is 2.42 bits per heavy atom. The van der Waals surface area contributed by atoms with Crippen LogP contribution in [0.15, 0.2) is 76.7 Å². The van der Waals surface area contributed by atoms with Crippen molar-refractivity contribution in [2.45, 2.75) is 87.1 Å². The van der Waals surface area contributed by atoms with Crippen LogP contribution in [0.25, 0.3) is 10.9 Å². The number of unbranched alkanes of at least 4 members (excludes halogenated alkanes) is 5. The number of nitrogens with zero attached hydrogens (tertiary/aromatic N) is 2. The van der Waals surface area contributed by atoms with Crippen LogP contribution in [0.1, 0.15) is 74.6 Å². The second-order valence-electron chi connectivity index (χ2n) is 12.9. The number of carbonyl (C=O) groups is 1. The van der Waals surface area contributed by atoms with E-state index in [1.807, 2.05) is 35.0 Å². The first-order valence-corrected chi connectivity index (χ1v) is 19.6. The number of phenols is 2. The van der Waals surface area contributed by atoms with Crippen LogP contribution in [-0.4, -0.2) is 64.0 Å². The van der Waals surface area contributed by atoms with Crippen molar-refractivity contribution in [1.29, 1.82) is 0 Å². The third-order valence-electron chi connectivity index (χ3n) is 9.06. The minimum absolute atomic E-state index is 0.0158. The quantitative estimate of drug-likeness (QED) is 0.0720. The van der Waals surface area contributed by atoms with E-state index in [0.717, 1.165) is 53.3 Å². The van der Waals surface area contributed by atoms with Crippen molar-refractivity contribution >= 4 is 49.5 Å². The van der Waals surface area contributed by atoms with Crippen molar-refractivity contribution in [2.24, 2.45) is 4.99 Å². The molecule has 5 N–H and O–H groups in total. The van der Waals surface area contributed by atoms with Crippen molar-refractivity contribution in [3.8, 4) is 11.5 Å². The molecule has 2 aliphatic heterocycles. The average molecular weight is 761 g/mol. The zero-order chi connectivity index (χ0) is 37.5. The van der Waals surface area contributed by atoms with Gasteiger partial charge in [-0.1, -0.05) is 75.4 Å². The topological polar surface area (TPSA) is 153 Å². The largest absolute Gasteiger partial charge is 0.504 e. The highest BCUT2D eigenvalue weighted by molar-refractivity contribution is 8.14. The van der Waals surface area contributed by atoms with Gasteiger partial charge in [0, 0.05) is 28.6 Å². The molecular weight excluding hydrogens is 718 g/mol. The molecule has 2 atom stereocenters. The molecule has 0 radical (unpaired) electrons. The summed E-state index contributed by atoms with van der Waals surface area (Å²) in [6.45, 7) is 3.82. The molecule has 0 fully saturated rings. The molecule has 3 aromatic carbocycles. The molecule has 10 nitrogen and oxygen atoms in total. The van der Waals surface area contributed by atoms with Crippen LogP contribution in [0.3, 0.4) is 0 Å². The molecule has 0 amide bonds. The van der Waals surface area contributed by atoms with Crippen molar-refractivity contribution in [3.05, 3.63) is 83.6 Å². The molecule has 0 saturated carbocycles. The predicted molar refractivity (Wildman–Crippen MR) is 198 cm³/mol. The average Bonchev–Trinajstić information content (AvgIpc) is 3.75. The second kappa shape index (κ2) is 17.1. The third-order valence-corrected chi connectivity index (χ3v) is 11.7. The first-order valence-electron chi connectivity index (χ1n) is 17.3. The number of sulfonamides is 1. The Morgan fingerprint density at radius 2 is 1.71 bits per heavy atom. The van der Waals surface area contributed by atoms with Gasteiger partial charge in [-0.2, -0.15) is 13.2 Å². The predicted octanol–water partition coefficient (Wildman–Crippen LogP) is 7.99. The van der Waals surface area contributed by atoms with Gasteiger partial charge in [-0.15, -0.1) is 0 Å². The van der Waals surface area contributed by atoms with Crippen molar-refractivity contribution in [3.63, 3.8) is 0 Å². The molecule has 52 heavy (non-hydrogen) atoms. The Labute approximate surface area is 305 Å². The molecule has 0 spiro atoms. The summed E-state index contributed by atoms with van der Waals surface area (Å²) < 4.78 is 63.7. The number of aromatic nitrogens is 1. The number of carboxylic acid groups (broad SMARTS) is 1. The first-order chi connectivity index (χ1) is 24.8. The summed E-state index contributed by atoms with van der Waals surface area (Å²) in [6.07, 6.45) is 7.17. The van der Waals surface area contributed by atoms with E-state index in [1.54, 1.807) is 48.2 Å². The highest BCUT2D eigenvalue weighted by atomic mass is 32.2. The molecule has 0 bridgehead atoms. The molecule has 0 saturated heterocycles. The summed E-state index contributed by atoms with van der Waals surface area (Å²) in [6, 6.07) is 17.9. The van der Waals surface area contributed by atoms with Gasteiger partial charge in [0.15, 0.2) is 16.7 Å². The fourth-order valence-corrected chi connectivity index (χ4v) is 8.81. The van der Waals surface area contributed by atoms with Gasteiger partial charge < -0.3 is 20.6 Å². The van der Waals surface area contributed by atoms with E-state index in [0.29, 0.717) is 22.7 Å². The molecule has 2 aliphatic rings. The number of alkyl halides is 3. The number of aliphatic carboxylic acids is 1. The lowest BCUT2D eigenvalue weighted by Crippen LogP contribution is -2.31. The van der Waals surface area contributed by atoms with Gasteiger partial charge in [0.25, 0.3) is 10.0 Å². The maximum atomic E-state index is 13.6. The van der Waals surface area contributed by atoms with Gasteiger partial charge in [-0.05, 0) is 85.0 Å². The Kier molecular flexibility index (Phi) is 12.8. The highest BCUT2D eigenvalue weighted by Crippen LogP contribution is 2.36. The minimum atomic E-state index is -5.08. The number of aliphatic imine (C=N–C) groups is 1. The smallest absolute Gasteiger partial charge is 0.490 e. The van der Waals surface area contributed by atoms with Crippen LogP contribution in [0.5, 0.6) is 11.5 Å². The normalized spacial score (nSPS) is 17.3. The van der Waals surface area contributed by atoms with Crippen molar-refractivity contribution < 1.29 is 41.7 Å². The number of nitrogens with one attached hydrogen (secondary N) is 2. The van der Waals surface area contributed by atoms with E-state index in [1.165, 1.54) is 38.5 Å². The molecule has 6 rings (SSSR count). The number of anilines is 1. The van der Waals surface area contributed by atoms with Gasteiger partial charge in [0.05, 0.1) is 17.0 Å². The molecule has 4 aromatic rings. The summed E-state index contributed by atoms with van der Waals surface area (Å²) in [5.74, 6) is -2.98. The van der Waals surface area contributed by atoms with E-state index in [4.69, 9.17) is 14.9 Å². The van der Waals surface area contributed by atoms with Crippen LogP contribution in [0.2, 0.25) is 0 Å². The van der Waals surface area contributed by atoms with Gasteiger partial charge in [0.2, 0.25) is 0 Å². The van der Waals surface area contributed by atoms with E-state index >= 15 is 0 Å². The number of aromatic hydroxyl groups is 2. The summed E-state index contributed by atoms with van der Waals surface area (Å²) in [4.78, 5) is 14.0. The molecule has 1 aromatic heterocycles. The van der Waals surface area contributed by atoms with Gasteiger partial charge in [-0.25, -0.2) is 13.2 Å². The zero-order valence-corrected chi connectivity index (χ0v) is 30.3. The van der Waals surface area contributed by atoms with Crippen LogP contribution in [0.4, 0.5) is 18.9 Å². The lowest BCUT2D eigenvalue weighted by atomic mass is 9.90. The summed E-state index contributed by atoms with van der Waals surface area (Å²) in [7, 11) is -3.85. The maximum Gasteiger partial charge on any atom is 0.490 e. The lowest BCUT2D eigenvalue weighted by Gasteiger charge is -2.27. The summed E-state index contributed by atoms with van der Waals surface area (Å²) in [5, 5.41) is 32.6. The van der Waals surface area contributed by atoms with Crippen LogP contribution < -0.4 is 10.0 Å². The van der Waals surface area contributed by atoms with E-state index < -0.39 is 22.2 Å². The fourth-order valence-electron chi connectivity index (χ4n) is 6.38. The number of carboxylic acids is 1. The van der Waals surface area contributed by atoms with Gasteiger partial charge >= 0.3 is 12.1 Å². The number of hydrogen-bond acceptors (Lipinski definition) is 8. The summed E-state index contributed by atoms with van der Waals surface area (Å²) in [5.41, 5.74) is 4.34. The fraction of sp³-hybridized carbons (Fsp3) is 0.405. The molecule has 15 heteroatoms. The highest BCUT2D eigenvalue weighted by Gasteiger charge is 2.38. The number of thioether (sulfide) groups is 1. The number of fused-ring (bicyclic) bond motifs is 2. The van der Waals surface area contributed by atoms with Crippen LogP contribution >= 0.6 is 11.8 Å². The minimum Gasteiger partial charge on any atom is -0.504 e. The maximum absolute atomic E-state index is 13.6. The first kappa shape index (κ1) is 39.0. The molecule has 0 aliphatic carbocycles. The Balaban J connectivity index is 0.000000679. The van der Waals surface area contributed by atoms with Gasteiger partial charge in [-0.3, -0.25) is 14.3 Å². The summed E-state index contributed by atoms with van der Waals surface area (Å²) >= 11 is 1.80. The van der Waals surface area contributed by atoms with Crippen LogP contribution in [-0.2, 0) is 27.7 Å².